The quantitative estimate of drug-likeness (QED) is 0.878. The van der Waals surface area contributed by atoms with Gasteiger partial charge in [0.05, 0.1) is 11.4 Å². The third-order valence-electron chi connectivity index (χ3n) is 3.60. The lowest BCUT2D eigenvalue weighted by Gasteiger charge is -2.06. The van der Waals surface area contributed by atoms with E-state index in [0.29, 0.717) is 0 Å². The Hall–Kier alpha value is -1.77. The first-order chi connectivity index (χ1) is 9.54. The van der Waals surface area contributed by atoms with Crippen molar-refractivity contribution in [3.8, 4) is 11.6 Å². The topological polar surface area (TPSA) is 38.0 Å². The molecule has 0 atom stereocenters. The van der Waals surface area contributed by atoms with Crippen LogP contribution in [0.3, 0.4) is 0 Å². The number of unbranched alkanes of at least 4 members (excludes halogenated alkanes) is 1. The van der Waals surface area contributed by atoms with Gasteiger partial charge in [-0.15, -0.1) is 0 Å². The van der Waals surface area contributed by atoms with Gasteiger partial charge in [-0.1, -0.05) is 44.9 Å². The second-order valence-corrected chi connectivity index (χ2v) is 5.69. The summed E-state index contributed by atoms with van der Waals surface area (Å²) in [5.41, 5.74) is 4.13. The van der Waals surface area contributed by atoms with E-state index in [0.717, 1.165) is 36.2 Å². The molecule has 0 aliphatic carbocycles. The van der Waals surface area contributed by atoms with Gasteiger partial charge in [-0.05, 0) is 37.8 Å². The zero-order valence-electron chi connectivity index (χ0n) is 12.8. The number of aryl methyl sites for hydroxylation is 2. The van der Waals surface area contributed by atoms with Gasteiger partial charge < -0.3 is 5.11 Å². The predicted molar refractivity (Wildman–Crippen MR) is 82.7 cm³/mol. The van der Waals surface area contributed by atoms with Crippen LogP contribution in [0.2, 0.25) is 0 Å². The monoisotopic (exact) mass is 272 g/mol. The van der Waals surface area contributed by atoms with Crippen molar-refractivity contribution >= 4 is 0 Å². The van der Waals surface area contributed by atoms with E-state index < -0.39 is 0 Å². The highest BCUT2D eigenvalue weighted by molar-refractivity contribution is 5.43. The second-order valence-electron chi connectivity index (χ2n) is 5.69. The zero-order chi connectivity index (χ0) is 14.7. The molecule has 0 amide bonds. The van der Waals surface area contributed by atoms with Crippen LogP contribution in [0.4, 0.5) is 0 Å². The Labute approximate surface area is 121 Å². The third-order valence-corrected chi connectivity index (χ3v) is 3.60. The van der Waals surface area contributed by atoms with Crippen molar-refractivity contribution in [1.82, 2.24) is 9.78 Å². The van der Waals surface area contributed by atoms with Crippen LogP contribution in [0, 0.1) is 6.92 Å². The van der Waals surface area contributed by atoms with Crippen molar-refractivity contribution < 1.29 is 5.11 Å². The van der Waals surface area contributed by atoms with Gasteiger partial charge in [-0.2, -0.15) is 5.10 Å². The molecular weight excluding hydrogens is 248 g/mol. The molecule has 0 unspecified atom stereocenters. The molecule has 2 rings (SSSR count). The van der Waals surface area contributed by atoms with Crippen LogP contribution in [0.25, 0.3) is 5.69 Å². The molecule has 0 spiro atoms. The lowest BCUT2D eigenvalue weighted by atomic mass is 10.0. The molecule has 1 aromatic carbocycles. The molecule has 2 aromatic rings. The first-order valence-electron chi connectivity index (χ1n) is 7.42. The first-order valence-corrected chi connectivity index (χ1v) is 7.42. The Morgan fingerprint density at radius 1 is 1.20 bits per heavy atom. The summed E-state index contributed by atoms with van der Waals surface area (Å²) in [5.74, 6) is 0.566. The fourth-order valence-corrected chi connectivity index (χ4v) is 2.45. The van der Waals surface area contributed by atoms with Gasteiger partial charge >= 0.3 is 0 Å². The second kappa shape index (κ2) is 6.12. The van der Waals surface area contributed by atoms with Crippen molar-refractivity contribution in [2.24, 2.45) is 0 Å². The molecule has 1 heterocycles. The van der Waals surface area contributed by atoms with Gasteiger partial charge in [0.2, 0.25) is 5.88 Å². The summed E-state index contributed by atoms with van der Waals surface area (Å²) in [6.45, 7) is 8.43. The summed E-state index contributed by atoms with van der Waals surface area (Å²) in [5, 5.41) is 15.1. The number of rotatable bonds is 5. The average Bonchev–Trinajstić information content (AvgIpc) is 2.74. The van der Waals surface area contributed by atoms with E-state index in [-0.39, 0.29) is 11.8 Å². The minimum Gasteiger partial charge on any atom is -0.493 e. The highest BCUT2D eigenvalue weighted by atomic mass is 16.3. The molecule has 0 bridgehead atoms. The van der Waals surface area contributed by atoms with E-state index in [9.17, 15) is 5.11 Å². The third kappa shape index (κ3) is 2.87. The fraction of sp³-hybridized carbons (Fsp3) is 0.471. The summed E-state index contributed by atoms with van der Waals surface area (Å²) in [7, 11) is 0. The number of hydrogen-bond acceptors (Lipinski definition) is 2. The molecule has 0 saturated heterocycles. The number of hydrogen-bond donors (Lipinski definition) is 1. The first kappa shape index (κ1) is 14.6. The van der Waals surface area contributed by atoms with Crippen LogP contribution in [-0.2, 0) is 6.42 Å². The largest absolute Gasteiger partial charge is 0.493 e. The molecule has 3 nitrogen and oxygen atoms in total. The van der Waals surface area contributed by atoms with Crippen LogP contribution in [0.1, 0.15) is 56.4 Å². The van der Waals surface area contributed by atoms with E-state index in [2.05, 4.69) is 32.8 Å². The van der Waals surface area contributed by atoms with Crippen LogP contribution in [0.5, 0.6) is 5.88 Å². The Morgan fingerprint density at radius 3 is 2.40 bits per heavy atom. The van der Waals surface area contributed by atoms with E-state index in [4.69, 9.17) is 0 Å². The molecular formula is C17H24N2O. The van der Waals surface area contributed by atoms with E-state index in [1.165, 1.54) is 5.56 Å². The fourth-order valence-electron chi connectivity index (χ4n) is 2.45. The van der Waals surface area contributed by atoms with Crippen LogP contribution >= 0.6 is 0 Å². The summed E-state index contributed by atoms with van der Waals surface area (Å²) < 4.78 is 1.67. The summed E-state index contributed by atoms with van der Waals surface area (Å²) in [6, 6.07) is 8.07. The molecule has 0 saturated carbocycles. The lowest BCUT2D eigenvalue weighted by molar-refractivity contribution is 0.425. The Balaban J connectivity index is 2.46. The van der Waals surface area contributed by atoms with Crippen molar-refractivity contribution in [3.63, 3.8) is 0 Å². The van der Waals surface area contributed by atoms with Gasteiger partial charge in [-0.25, -0.2) is 4.68 Å². The molecule has 1 aromatic heterocycles. The van der Waals surface area contributed by atoms with Gasteiger partial charge in [-0.3, -0.25) is 0 Å². The number of nitrogens with zero attached hydrogens (tertiary/aromatic N) is 2. The number of benzene rings is 1. The van der Waals surface area contributed by atoms with E-state index in [1.54, 1.807) is 4.68 Å². The molecule has 0 radical (unpaired) electrons. The maximum atomic E-state index is 10.5. The van der Waals surface area contributed by atoms with E-state index >= 15 is 0 Å². The molecule has 20 heavy (non-hydrogen) atoms. The highest BCUT2D eigenvalue weighted by Gasteiger charge is 2.20. The molecule has 1 N–H and O–H groups in total. The molecule has 108 valence electrons. The van der Waals surface area contributed by atoms with Crippen molar-refractivity contribution in [3.05, 3.63) is 41.1 Å². The maximum Gasteiger partial charge on any atom is 0.217 e. The standard InChI is InChI=1S/C17H24N2O/c1-5-6-7-15-16(12(2)3)17(20)19(18-15)14-10-8-13(4)9-11-14/h8-12,20H,5-7H2,1-4H3. The van der Waals surface area contributed by atoms with Crippen LogP contribution in [0.15, 0.2) is 24.3 Å². The molecule has 0 aliphatic rings. The normalized spacial score (nSPS) is 11.2. The maximum absolute atomic E-state index is 10.5. The minimum atomic E-state index is 0.279. The Bertz CT molecular complexity index is 567. The van der Waals surface area contributed by atoms with Gasteiger partial charge in [0.1, 0.15) is 0 Å². The number of aromatic hydroxyl groups is 1. The van der Waals surface area contributed by atoms with Gasteiger partial charge in [0.15, 0.2) is 0 Å². The minimum absolute atomic E-state index is 0.279. The van der Waals surface area contributed by atoms with Gasteiger partial charge in [0, 0.05) is 5.56 Å². The number of aromatic nitrogens is 2. The molecule has 0 fully saturated rings. The Kier molecular flexibility index (Phi) is 4.48. The smallest absolute Gasteiger partial charge is 0.217 e. The Morgan fingerprint density at radius 2 is 1.85 bits per heavy atom. The molecule has 3 heteroatoms. The lowest BCUT2D eigenvalue weighted by Crippen LogP contribution is -1.97. The van der Waals surface area contributed by atoms with Crippen molar-refractivity contribution in [2.75, 3.05) is 0 Å². The summed E-state index contributed by atoms with van der Waals surface area (Å²) in [6.07, 6.45) is 3.16. The molecule has 0 aliphatic heterocycles. The predicted octanol–water partition coefficient (Wildman–Crippen LogP) is 4.35. The summed E-state index contributed by atoms with van der Waals surface area (Å²) >= 11 is 0. The van der Waals surface area contributed by atoms with Crippen LogP contribution in [-0.4, -0.2) is 14.9 Å². The van der Waals surface area contributed by atoms with Crippen molar-refractivity contribution in [2.45, 2.75) is 52.9 Å². The SMILES string of the molecule is CCCCc1nn(-c2ccc(C)cc2)c(O)c1C(C)C. The zero-order valence-corrected chi connectivity index (χ0v) is 12.8. The highest BCUT2D eigenvalue weighted by Crippen LogP contribution is 2.32. The average molecular weight is 272 g/mol. The van der Waals surface area contributed by atoms with Gasteiger partial charge in [0.25, 0.3) is 0 Å². The van der Waals surface area contributed by atoms with Crippen molar-refractivity contribution in [1.29, 1.82) is 0 Å². The van der Waals surface area contributed by atoms with Crippen LogP contribution < -0.4 is 0 Å². The summed E-state index contributed by atoms with van der Waals surface area (Å²) in [4.78, 5) is 0. The van der Waals surface area contributed by atoms with E-state index in [1.807, 2.05) is 24.3 Å².